The molecule has 0 bridgehead atoms. The highest BCUT2D eigenvalue weighted by Gasteiger charge is 2.32. The van der Waals surface area contributed by atoms with Gasteiger partial charge in [0.25, 0.3) is 11.8 Å². The Hall–Kier alpha value is -3.14. The molecule has 6 nitrogen and oxygen atoms in total. The average molecular weight is 384 g/mol. The summed E-state index contributed by atoms with van der Waals surface area (Å²) in [5, 5.41) is 8.72. The number of hydrogen-bond acceptors (Lipinski definition) is 4. The van der Waals surface area contributed by atoms with Crippen molar-refractivity contribution >= 4 is 17.5 Å². The van der Waals surface area contributed by atoms with Crippen molar-refractivity contribution in [3.63, 3.8) is 0 Å². The van der Waals surface area contributed by atoms with Gasteiger partial charge in [0.1, 0.15) is 11.6 Å². The zero-order valence-electron chi connectivity index (χ0n) is 13.5. The number of alkyl halides is 3. The molecule has 2 aromatic rings. The van der Waals surface area contributed by atoms with E-state index in [2.05, 4.69) is 0 Å². The predicted octanol–water partition coefficient (Wildman–Crippen LogP) is 2.89. The van der Waals surface area contributed by atoms with Gasteiger partial charge in [0, 0.05) is 11.1 Å². The number of carbonyl (C=O) groups is 2. The standard InChI is InChI=1S/C17H12F4N2O4/c18-12-6-11(17(19,20)21)3-1-10(12)7-23-13-5-9(16(25)22-26)2-4-14(13)27-8-15(23)24/h1-6,26H,7-8H2,(H,22,25). The molecule has 2 N–H and O–H groups in total. The number of hydroxylamine groups is 1. The van der Waals surface area contributed by atoms with Crippen molar-refractivity contribution in [1.29, 1.82) is 0 Å². The van der Waals surface area contributed by atoms with Crippen LogP contribution in [0.5, 0.6) is 5.75 Å². The largest absolute Gasteiger partial charge is 0.482 e. The topological polar surface area (TPSA) is 78.9 Å². The summed E-state index contributed by atoms with van der Waals surface area (Å²) in [7, 11) is 0. The summed E-state index contributed by atoms with van der Waals surface area (Å²) in [5.41, 5.74) is 0.304. The predicted molar refractivity (Wildman–Crippen MR) is 83.8 cm³/mol. The van der Waals surface area contributed by atoms with Gasteiger partial charge in [-0.15, -0.1) is 0 Å². The molecule has 1 aliphatic rings. The van der Waals surface area contributed by atoms with Gasteiger partial charge in [-0.1, -0.05) is 6.07 Å². The number of anilines is 1. The quantitative estimate of drug-likeness (QED) is 0.485. The number of amides is 2. The lowest BCUT2D eigenvalue weighted by Gasteiger charge is -2.30. The van der Waals surface area contributed by atoms with Gasteiger partial charge in [-0.3, -0.25) is 14.8 Å². The Morgan fingerprint density at radius 3 is 2.59 bits per heavy atom. The Kier molecular flexibility index (Phi) is 4.75. The number of hydrogen-bond donors (Lipinski definition) is 2. The molecule has 2 amide bonds. The second-order valence-electron chi connectivity index (χ2n) is 5.70. The van der Waals surface area contributed by atoms with Crippen molar-refractivity contribution in [2.24, 2.45) is 0 Å². The van der Waals surface area contributed by atoms with Crippen molar-refractivity contribution in [3.8, 4) is 5.75 Å². The number of nitrogens with one attached hydrogen (secondary N) is 1. The molecule has 0 radical (unpaired) electrons. The average Bonchev–Trinajstić information content (AvgIpc) is 2.63. The van der Waals surface area contributed by atoms with Crippen LogP contribution in [0.4, 0.5) is 23.2 Å². The van der Waals surface area contributed by atoms with E-state index in [4.69, 9.17) is 9.94 Å². The first kappa shape index (κ1) is 18.6. The third-order valence-electron chi connectivity index (χ3n) is 3.97. The Labute approximate surface area is 149 Å². The smallest absolute Gasteiger partial charge is 0.416 e. The van der Waals surface area contributed by atoms with Gasteiger partial charge in [0.05, 0.1) is 17.8 Å². The maximum absolute atomic E-state index is 14.1. The number of halogens is 4. The van der Waals surface area contributed by atoms with E-state index in [1.54, 1.807) is 0 Å². The molecule has 0 spiro atoms. The molecule has 0 atom stereocenters. The number of nitrogens with zero attached hydrogens (tertiary/aromatic N) is 1. The summed E-state index contributed by atoms with van der Waals surface area (Å²) < 4.78 is 57.4. The van der Waals surface area contributed by atoms with Crippen LogP contribution in [0.3, 0.4) is 0 Å². The number of fused-ring (bicyclic) bond motifs is 1. The van der Waals surface area contributed by atoms with Gasteiger partial charge in [-0.2, -0.15) is 13.2 Å². The van der Waals surface area contributed by atoms with E-state index in [-0.39, 0.29) is 35.7 Å². The molecular weight excluding hydrogens is 372 g/mol. The normalized spacial score (nSPS) is 13.8. The molecule has 0 unspecified atom stereocenters. The van der Waals surface area contributed by atoms with Crippen molar-refractivity contribution in [3.05, 3.63) is 58.9 Å². The van der Waals surface area contributed by atoms with Crippen LogP contribution in [0.1, 0.15) is 21.5 Å². The lowest BCUT2D eigenvalue weighted by atomic mass is 10.1. The van der Waals surface area contributed by atoms with Gasteiger partial charge in [-0.25, -0.2) is 9.87 Å². The second-order valence-corrected chi connectivity index (χ2v) is 5.70. The summed E-state index contributed by atoms with van der Waals surface area (Å²) >= 11 is 0. The van der Waals surface area contributed by atoms with E-state index in [0.29, 0.717) is 6.07 Å². The first-order valence-corrected chi connectivity index (χ1v) is 7.58. The van der Waals surface area contributed by atoms with Crippen LogP contribution in [0.2, 0.25) is 0 Å². The van der Waals surface area contributed by atoms with Crippen molar-refractivity contribution in [2.45, 2.75) is 12.7 Å². The van der Waals surface area contributed by atoms with Gasteiger partial charge in [-0.05, 0) is 30.3 Å². The number of carbonyl (C=O) groups excluding carboxylic acids is 2. The summed E-state index contributed by atoms with van der Waals surface area (Å²) in [5.74, 6) is -2.29. The minimum atomic E-state index is -4.69. The van der Waals surface area contributed by atoms with E-state index in [1.165, 1.54) is 23.7 Å². The minimum absolute atomic E-state index is 0.00689. The van der Waals surface area contributed by atoms with E-state index in [1.807, 2.05) is 0 Å². The minimum Gasteiger partial charge on any atom is -0.482 e. The van der Waals surface area contributed by atoms with Gasteiger partial charge >= 0.3 is 6.18 Å². The first-order chi connectivity index (χ1) is 12.7. The zero-order chi connectivity index (χ0) is 19.8. The highest BCUT2D eigenvalue weighted by molar-refractivity contribution is 6.01. The fourth-order valence-corrected chi connectivity index (χ4v) is 2.60. The Morgan fingerprint density at radius 2 is 1.96 bits per heavy atom. The van der Waals surface area contributed by atoms with E-state index >= 15 is 0 Å². The van der Waals surface area contributed by atoms with Crippen molar-refractivity contribution < 1.29 is 37.1 Å². The molecule has 0 aliphatic carbocycles. The molecule has 0 aromatic heterocycles. The van der Waals surface area contributed by atoms with Crippen LogP contribution in [0, 0.1) is 5.82 Å². The molecule has 27 heavy (non-hydrogen) atoms. The van der Waals surface area contributed by atoms with Gasteiger partial charge in [0.2, 0.25) is 0 Å². The van der Waals surface area contributed by atoms with Crippen molar-refractivity contribution in [1.82, 2.24) is 5.48 Å². The lowest BCUT2D eigenvalue weighted by molar-refractivity contribution is -0.137. The molecular formula is C17H12F4N2O4. The van der Waals surface area contributed by atoms with Crippen LogP contribution < -0.4 is 15.1 Å². The summed E-state index contributed by atoms with van der Waals surface area (Å²) in [6.07, 6.45) is -4.69. The van der Waals surface area contributed by atoms with Crippen molar-refractivity contribution in [2.75, 3.05) is 11.5 Å². The van der Waals surface area contributed by atoms with Gasteiger partial charge < -0.3 is 9.64 Å². The maximum atomic E-state index is 14.1. The summed E-state index contributed by atoms with van der Waals surface area (Å²) in [6.45, 7) is -0.704. The molecule has 1 heterocycles. The molecule has 0 saturated carbocycles. The van der Waals surface area contributed by atoms with Crippen LogP contribution in [-0.4, -0.2) is 23.6 Å². The van der Waals surface area contributed by atoms with E-state index in [0.717, 1.165) is 17.0 Å². The maximum Gasteiger partial charge on any atom is 0.416 e. The number of rotatable bonds is 3. The van der Waals surface area contributed by atoms with Crippen LogP contribution in [0.15, 0.2) is 36.4 Å². The van der Waals surface area contributed by atoms with Crippen LogP contribution >= 0.6 is 0 Å². The first-order valence-electron chi connectivity index (χ1n) is 7.58. The summed E-state index contributed by atoms with van der Waals surface area (Å²) in [4.78, 5) is 24.9. The highest BCUT2D eigenvalue weighted by atomic mass is 19.4. The van der Waals surface area contributed by atoms with Crippen LogP contribution in [-0.2, 0) is 17.5 Å². The number of ether oxygens (including phenoxy) is 1. The molecule has 0 fully saturated rings. The molecule has 2 aromatic carbocycles. The summed E-state index contributed by atoms with van der Waals surface area (Å²) in [6, 6.07) is 6.01. The molecule has 10 heteroatoms. The van der Waals surface area contributed by atoms with Crippen LogP contribution in [0.25, 0.3) is 0 Å². The fourth-order valence-electron chi connectivity index (χ4n) is 2.60. The Bertz CT molecular complexity index is 914. The second kappa shape index (κ2) is 6.88. The Morgan fingerprint density at radius 1 is 1.22 bits per heavy atom. The Balaban J connectivity index is 1.96. The molecule has 0 saturated heterocycles. The third kappa shape index (κ3) is 3.70. The van der Waals surface area contributed by atoms with E-state index in [9.17, 15) is 27.2 Å². The third-order valence-corrected chi connectivity index (χ3v) is 3.97. The fraction of sp³-hybridized carbons (Fsp3) is 0.176. The van der Waals surface area contributed by atoms with Gasteiger partial charge in [0.15, 0.2) is 6.61 Å². The molecule has 3 rings (SSSR count). The highest BCUT2D eigenvalue weighted by Crippen LogP contribution is 2.35. The van der Waals surface area contributed by atoms with E-state index < -0.39 is 29.4 Å². The SMILES string of the molecule is O=C(NO)c1ccc2c(c1)N(Cc1ccc(C(F)(F)F)cc1F)C(=O)CO2. The number of benzene rings is 2. The molecule has 142 valence electrons. The zero-order valence-corrected chi connectivity index (χ0v) is 13.5. The molecule has 1 aliphatic heterocycles. The lowest BCUT2D eigenvalue weighted by Crippen LogP contribution is -2.38. The monoisotopic (exact) mass is 384 g/mol.